The summed E-state index contributed by atoms with van der Waals surface area (Å²) in [5.41, 5.74) is 0. The Hall–Kier alpha value is 0.114. The molecule has 0 aromatic heterocycles. The van der Waals surface area contributed by atoms with Gasteiger partial charge in [0, 0.05) is 34.5 Å². The van der Waals surface area contributed by atoms with Crippen LogP contribution in [0.2, 0.25) is 0 Å². The smallest absolute Gasteiger partial charge is 0.137 e. The Morgan fingerprint density at radius 1 is 0.643 bits per heavy atom. The van der Waals surface area contributed by atoms with Crippen molar-refractivity contribution in [2.24, 2.45) is 44.1 Å². The maximum absolute atomic E-state index is 10.3. The number of piperidine rings is 2. The second-order valence-electron chi connectivity index (χ2n) is 13.9. The molecule has 4 N–H and O–H groups in total. The second-order valence-corrected chi connectivity index (χ2v) is 15.0. The van der Waals surface area contributed by atoms with Crippen LogP contribution < -0.4 is 10.6 Å². The van der Waals surface area contributed by atoms with Gasteiger partial charge in [-0.05, 0) is 94.8 Å². The van der Waals surface area contributed by atoms with E-state index in [4.69, 9.17) is 23.2 Å². The van der Waals surface area contributed by atoms with E-state index < -0.39 is 0 Å². The fourth-order valence-corrected chi connectivity index (χ4v) is 9.28. The molecule has 11 heteroatoms. The summed E-state index contributed by atoms with van der Waals surface area (Å²) in [4.78, 5) is 0. The van der Waals surface area contributed by atoms with Gasteiger partial charge in [-0.1, -0.05) is 38.5 Å². The van der Waals surface area contributed by atoms with Gasteiger partial charge in [-0.2, -0.15) is 20.5 Å². The molecule has 8 nitrogen and oxygen atoms in total. The predicted molar refractivity (Wildman–Crippen MR) is 165 cm³/mol. The molecule has 0 aromatic carbocycles. The van der Waals surface area contributed by atoms with Gasteiger partial charge in [-0.15, -0.1) is 23.2 Å². The molecule has 0 bridgehead atoms. The molecule has 6 aliphatic rings. The van der Waals surface area contributed by atoms with E-state index in [9.17, 15) is 10.2 Å². The van der Waals surface area contributed by atoms with Crippen molar-refractivity contribution >= 4 is 23.2 Å². The van der Waals surface area contributed by atoms with Crippen molar-refractivity contribution in [1.29, 1.82) is 0 Å². The first-order valence-electron chi connectivity index (χ1n) is 16.8. The predicted octanol–water partition coefficient (Wildman–Crippen LogP) is 6.56. The van der Waals surface area contributed by atoms with E-state index in [0.29, 0.717) is 24.4 Å². The summed E-state index contributed by atoms with van der Waals surface area (Å²) in [6.07, 6.45) is 18.1. The van der Waals surface area contributed by atoms with E-state index in [2.05, 4.69) is 38.0 Å². The third-order valence-corrected chi connectivity index (χ3v) is 11.6. The molecule has 6 rings (SSSR count). The maximum atomic E-state index is 10.3. The van der Waals surface area contributed by atoms with Crippen molar-refractivity contribution in [3.63, 3.8) is 0 Å². The normalized spacial score (nSPS) is 46.2. The Bertz CT molecular complexity index is 873. The number of nitrogens with zero attached hydrogens (tertiary/aromatic N) is 4. The van der Waals surface area contributed by atoms with Crippen LogP contribution in [0.5, 0.6) is 0 Å². The van der Waals surface area contributed by atoms with Crippen LogP contribution in [-0.2, 0) is 16.5 Å². The molecule has 2 saturated heterocycles. The van der Waals surface area contributed by atoms with Gasteiger partial charge >= 0.3 is 0 Å². The standard InChI is InChI=1S/C16H29N3O.C15H25Cl2N3O.Ni/c1-11-5-4-8-15(17-11)18-19-16-13-7-3-2-6-12(13)9-10-14(16)20;16-10-7-12(17)15(18-8-10)20-19-14-11-4-2-1-3-9(11)5-6-13(14)21;/h11-17,20H,2-10H2,1H3;9-15,18,21H,1-8H2;. The number of aliphatic hydroxyl groups excluding tert-OH is 2. The summed E-state index contributed by atoms with van der Waals surface area (Å²) in [6.45, 7) is 2.93. The zero-order valence-corrected chi connectivity index (χ0v) is 27.8. The van der Waals surface area contributed by atoms with Crippen LogP contribution in [0.3, 0.4) is 0 Å². The quantitative estimate of drug-likeness (QED) is 0.154. The zero-order valence-electron chi connectivity index (χ0n) is 25.3. The third-order valence-electron chi connectivity index (χ3n) is 10.9. The number of aliphatic hydroxyl groups is 2. The van der Waals surface area contributed by atoms with Gasteiger partial charge in [0.25, 0.3) is 0 Å². The van der Waals surface area contributed by atoms with Crippen LogP contribution in [0.15, 0.2) is 20.5 Å². The van der Waals surface area contributed by atoms with Gasteiger partial charge in [0.05, 0.1) is 29.7 Å². The molecule has 244 valence electrons. The molecule has 13 unspecified atom stereocenters. The van der Waals surface area contributed by atoms with Gasteiger partial charge in [-0.3, -0.25) is 10.6 Å². The molecule has 0 aromatic rings. The molecular weight excluding hydrogens is 618 g/mol. The first kappa shape index (κ1) is 35.0. The monoisotopic (exact) mass is 670 g/mol. The number of halogens is 2. The Labute approximate surface area is 273 Å². The average molecular weight is 672 g/mol. The number of rotatable bonds is 4. The molecule has 2 aliphatic heterocycles. The fourth-order valence-electron chi connectivity index (χ4n) is 8.55. The Balaban J connectivity index is 0.000000189. The van der Waals surface area contributed by atoms with Crippen LogP contribution in [0.1, 0.15) is 110 Å². The summed E-state index contributed by atoms with van der Waals surface area (Å²) < 4.78 is 0. The van der Waals surface area contributed by atoms with E-state index in [1.54, 1.807) is 0 Å². The first-order chi connectivity index (χ1) is 19.9. The minimum atomic E-state index is -0.341. The molecule has 13 atom stereocenters. The summed E-state index contributed by atoms with van der Waals surface area (Å²) >= 11 is 12.4. The number of hydrogen-bond donors (Lipinski definition) is 4. The maximum Gasteiger partial charge on any atom is 0.137 e. The van der Waals surface area contributed by atoms with E-state index in [1.165, 1.54) is 70.6 Å². The number of azo groups is 2. The van der Waals surface area contributed by atoms with Gasteiger partial charge in [0.1, 0.15) is 12.3 Å². The Kier molecular flexibility index (Phi) is 14.3. The Morgan fingerprint density at radius 3 is 1.79 bits per heavy atom. The molecule has 4 saturated carbocycles. The van der Waals surface area contributed by atoms with Gasteiger partial charge in [-0.25, -0.2) is 0 Å². The molecule has 0 spiro atoms. The summed E-state index contributed by atoms with van der Waals surface area (Å²) in [6, 6.07) is 0.572. The van der Waals surface area contributed by atoms with Crippen molar-refractivity contribution in [1.82, 2.24) is 10.6 Å². The van der Waals surface area contributed by atoms with E-state index >= 15 is 0 Å². The summed E-state index contributed by atoms with van der Waals surface area (Å²) in [5, 5.41) is 45.5. The number of fused-ring (bicyclic) bond motifs is 2. The van der Waals surface area contributed by atoms with Gasteiger partial charge in [0.15, 0.2) is 0 Å². The van der Waals surface area contributed by atoms with E-state index in [0.717, 1.165) is 43.9 Å². The summed E-state index contributed by atoms with van der Waals surface area (Å²) in [5.74, 6) is 2.60. The van der Waals surface area contributed by atoms with Crippen LogP contribution in [0.4, 0.5) is 0 Å². The molecule has 42 heavy (non-hydrogen) atoms. The van der Waals surface area contributed by atoms with Crippen LogP contribution >= 0.6 is 23.2 Å². The SMILES string of the molecule is CC1CCCC(N=NC2C(O)CCC3CCCCC32)N1.OC1CCC2CCCCC2C1N=NC1NCC(Cl)CC1Cl.[Ni]. The first-order valence-corrected chi connectivity index (χ1v) is 17.7. The van der Waals surface area contributed by atoms with E-state index in [-0.39, 0.29) is 63.9 Å². The van der Waals surface area contributed by atoms with Crippen molar-refractivity contribution in [2.45, 2.75) is 163 Å². The summed E-state index contributed by atoms with van der Waals surface area (Å²) in [7, 11) is 0. The fraction of sp³-hybridized carbons (Fsp3) is 1.00. The van der Waals surface area contributed by atoms with Crippen molar-refractivity contribution < 1.29 is 26.7 Å². The van der Waals surface area contributed by atoms with Gasteiger partial charge in [0.2, 0.25) is 0 Å². The molecule has 2 heterocycles. The van der Waals surface area contributed by atoms with Crippen LogP contribution in [0, 0.1) is 23.7 Å². The topological polar surface area (TPSA) is 114 Å². The molecule has 6 fully saturated rings. The number of alkyl halides is 2. The van der Waals surface area contributed by atoms with Crippen molar-refractivity contribution in [3.8, 4) is 0 Å². The minimum Gasteiger partial charge on any atom is -0.391 e. The molecule has 4 aliphatic carbocycles. The van der Waals surface area contributed by atoms with Gasteiger partial charge < -0.3 is 10.2 Å². The molecular formula is C31H54Cl2N6NiO2. The number of hydrogen-bond acceptors (Lipinski definition) is 8. The number of nitrogens with one attached hydrogen (secondary N) is 2. The van der Waals surface area contributed by atoms with E-state index in [1.807, 2.05) is 0 Å². The third kappa shape index (κ3) is 9.33. The van der Waals surface area contributed by atoms with Crippen LogP contribution in [0.25, 0.3) is 0 Å². The van der Waals surface area contributed by atoms with Crippen LogP contribution in [-0.4, -0.2) is 70.2 Å². The van der Waals surface area contributed by atoms with Crippen molar-refractivity contribution in [2.75, 3.05) is 6.54 Å². The largest absolute Gasteiger partial charge is 0.391 e. The Morgan fingerprint density at radius 2 is 1.21 bits per heavy atom. The minimum absolute atomic E-state index is 0. The second kappa shape index (κ2) is 17.1. The molecule has 0 radical (unpaired) electrons. The van der Waals surface area contributed by atoms with Crippen molar-refractivity contribution in [3.05, 3.63) is 0 Å². The average Bonchev–Trinajstić information content (AvgIpc) is 2.97. The zero-order chi connectivity index (χ0) is 28.8. The molecule has 0 amide bonds.